The summed E-state index contributed by atoms with van der Waals surface area (Å²) in [4.78, 5) is 4.31. The second-order valence-electron chi connectivity index (χ2n) is 4.77. The first kappa shape index (κ1) is 13.1. The lowest BCUT2D eigenvalue weighted by Crippen LogP contribution is -2.06. The molecule has 1 N–H and O–H groups in total. The predicted octanol–water partition coefficient (Wildman–Crippen LogP) is 3.07. The van der Waals surface area contributed by atoms with Crippen LogP contribution in [0.25, 0.3) is 10.9 Å². The molecule has 0 amide bonds. The highest BCUT2D eigenvalue weighted by molar-refractivity contribution is 5.87. The van der Waals surface area contributed by atoms with E-state index in [0.29, 0.717) is 11.2 Å². The van der Waals surface area contributed by atoms with Gasteiger partial charge in [-0.1, -0.05) is 48.5 Å². The predicted molar refractivity (Wildman–Crippen MR) is 82.3 cm³/mol. The lowest BCUT2D eigenvalue weighted by Gasteiger charge is -2.05. The molecule has 1 aromatic heterocycles. The molecule has 0 saturated heterocycles. The molecule has 0 aliphatic heterocycles. The van der Waals surface area contributed by atoms with Gasteiger partial charge in [-0.3, -0.25) is 0 Å². The van der Waals surface area contributed by atoms with Gasteiger partial charge in [0.2, 0.25) is 6.21 Å². The smallest absolute Gasteiger partial charge is 0.200 e. The van der Waals surface area contributed by atoms with Crippen molar-refractivity contribution in [3.63, 3.8) is 0 Å². The number of para-hydroxylation sites is 1. The number of phenols is 1. The molecule has 0 fully saturated rings. The maximum atomic E-state index is 12.0. The molecule has 21 heavy (non-hydrogen) atoms. The van der Waals surface area contributed by atoms with E-state index in [1.165, 1.54) is 6.21 Å². The van der Waals surface area contributed by atoms with Crippen molar-refractivity contribution in [2.45, 2.75) is 6.54 Å². The molecular formula is C17H14N2O2. The number of phenolic OH excluding ortho intramolecular Hbond substituents is 1. The van der Waals surface area contributed by atoms with E-state index < -0.39 is 0 Å². The van der Waals surface area contributed by atoms with Gasteiger partial charge in [0.05, 0.1) is 0 Å². The number of hydroxylamine groups is 1. The minimum Gasteiger partial charge on any atom is -0.623 e. The van der Waals surface area contributed by atoms with E-state index in [9.17, 15) is 10.3 Å². The zero-order valence-corrected chi connectivity index (χ0v) is 11.3. The molecule has 4 nitrogen and oxygen atoms in total. The third kappa shape index (κ3) is 3.00. The van der Waals surface area contributed by atoms with Gasteiger partial charge in [-0.15, -0.1) is 0 Å². The van der Waals surface area contributed by atoms with Crippen molar-refractivity contribution in [1.82, 2.24) is 4.98 Å². The Morgan fingerprint density at radius 2 is 1.81 bits per heavy atom. The van der Waals surface area contributed by atoms with Gasteiger partial charge in [0.1, 0.15) is 17.0 Å². The zero-order chi connectivity index (χ0) is 14.7. The van der Waals surface area contributed by atoms with E-state index in [4.69, 9.17) is 0 Å². The lowest BCUT2D eigenvalue weighted by molar-refractivity contribution is -0.469. The number of aromatic hydroxyl groups is 1. The number of pyridine rings is 1. The zero-order valence-electron chi connectivity index (χ0n) is 11.3. The summed E-state index contributed by atoms with van der Waals surface area (Å²) in [7, 11) is 0. The number of nitrogens with zero attached hydrogens (tertiary/aromatic N) is 2. The summed E-state index contributed by atoms with van der Waals surface area (Å²) in [5.74, 6) is 0.114. The van der Waals surface area contributed by atoms with Gasteiger partial charge in [-0.2, -0.15) is 0 Å². The molecule has 3 rings (SSSR count). The molecular weight excluding hydrogens is 264 g/mol. The van der Waals surface area contributed by atoms with Crippen LogP contribution in [-0.4, -0.2) is 21.0 Å². The Labute approximate surface area is 122 Å². The van der Waals surface area contributed by atoms with E-state index in [-0.39, 0.29) is 12.3 Å². The minimum atomic E-state index is 0.114. The summed E-state index contributed by atoms with van der Waals surface area (Å²) in [6.45, 7) is 0.265. The van der Waals surface area contributed by atoms with Gasteiger partial charge >= 0.3 is 0 Å². The molecule has 3 aromatic rings. The van der Waals surface area contributed by atoms with Crippen molar-refractivity contribution >= 4 is 17.1 Å². The highest BCUT2D eigenvalue weighted by Gasteiger charge is 2.04. The molecule has 0 atom stereocenters. The van der Waals surface area contributed by atoms with Crippen LogP contribution in [0, 0.1) is 5.21 Å². The molecule has 0 spiro atoms. The normalized spacial score (nSPS) is 11.7. The molecule has 0 bridgehead atoms. The van der Waals surface area contributed by atoms with Crippen LogP contribution in [0.2, 0.25) is 0 Å². The molecule has 0 saturated carbocycles. The highest BCUT2D eigenvalue weighted by Crippen LogP contribution is 2.21. The number of aromatic nitrogens is 1. The van der Waals surface area contributed by atoms with E-state index in [0.717, 1.165) is 15.7 Å². The molecule has 0 aliphatic carbocycles. The monoisotopic (exact) mass is 278 g/mol. The van der Waals surface area contributed by atoms with Crippen LogP contribution in [0.5, 0.6) is 5.75 Å². The van der Waals surface area contributed by atoms with Crippen molar-refractivity contribution in [2.75, 3.05) is 0 Å². The number of hydrogen-bond donors (Lipinski definition) is 1. The Bertz CT molecular complexity index is 798. The van der Waals surface area contributed by atoms with Gasteiger partial charge in [-0.05, 0) is 12.1 Å². The van der Waals surface area contributed by atoms with Crippen molar-refractivity contribution in [3.05, 3.63) is 77.1 Å². The van der Waals surface area contributed by atoms with Crippen LogP contribution in [0.15, 0.2) is 60.7 Å². The summed E-state index contributed by atoms with van der Waals surface area (Å²) in [5, 5.41) is 22.6. The summed E-state index contributed by atoms with van der Waals surface area (Å²) in [6, 6.07) is 18.3. The SMILES string of the molecule is [O-]/[N+](=C\c1ccc2cccc(O)c2n1)Cc1ccccc1. The Balaban J connectivity index is 1.90. The number of fused-ring (bicyclic) bond motifs is 1. The largest absolute Gasteiger partial charge is 0.623 e. The van der Waals surface area contributed by atoms with Crippen molar-refractivity contribution in [2.24, 2.45) is 0 Å². The third-order valence-corrected chi connectivity index (χ3v) is 3.18. The molecule has 0 aliphatic rings. The fourth-order valence-corrected chi connectivity index (χ4v) is 2.17. The Hall–Kier alpha value is -2.88. The van der Waals surface area contributed by atoms with Gasteiger partial charge in [0.15, 0.2) is 6.54 Å². The number of rotatable bonds is 3. The summed E-state index contributed by atoms with van der Waals surface area (Å²) in [5.41, 5.74) is 1.96. The minimum absolute atomic E-state index is 0.114. The molecule has 0 unspecified atom stereocenters. The fraction of sp³-hybridized carbons (Fsp3) is 0.0588. The van der Waals surface area contributed by atoms with Crippen LogP contribution in [0.3, 0.4) is 0 Å². The molecule has 2 aromatic carbocycles. The second-order valence-corrected chi connectivity index (χ2v) is 4.77. The number of benzene rings is 2. The van der Waals surface area contributed by atoms with Crippen LogP contribution in [0.4, 0.5) is 0 Å². The Morgan fingerprint density at radius 3 is 2.62 bits per heavy atom. The van der Waals surface area contributed by atoms with Gasteiger partial charge in [-0.25, -0.2) is 9.72 Å². The quantitative estimate of drug-likeness (QED) is 0.347. The Morgan fingerprint density at radius 1 is 1.00 bits per heavy atom. The van der Waals surface area contributed by atoms with E-state index in [2.05, 4.69) is 4.98 Å². The molecule has 0 radical (unpaired) electrons. The summed E-state index contributed by atoms with van der Waals surface area (Å²) >= 11 is 0. The second kappa shape index (κ2) is 5.63. The molecule has 104 valence electrons. The lowest BCUT2D eigenvalue weighted by atomic mass is 10.2. The van der Waals surface area contributed by atoms with E-state index in [1.807, 2.05) is 42.5 Å². The van der Waals surface area contributed by atoms with Crippen LogP contribution in [-0.2, 0) is 6.54 Å². The average molecular weight is 278 g/mol. The van der Waals surface area contributed by atoms with Crippen molar-refractivity contribution in [3.8, 4) is 5.75 Å². The first-order valence-corrected chi connectivity index (χ1v) is 6.64. The standard InChI is InChI=1S/C17H14N2O2/c20-16-8-4-7-14-9-10-15(18-17(14)16)12-19(21)11-13-5-2-1-3-6-13/h1-10,12,20H,11H2/b19-12-. The molecule has 1 heterocycles. The third-order valence-electron chi connectivity index (χ3n) is 3.18. The Kier molecular flexibility index (Phi) is 3.51. The van der Waals surface area contributed by atoms with Crippen LogP contribution >= 0.6 is 0 Å². The first-order valence-electron chi connectivity index (χ1n) is 6.64. The van der Waals surface area contributed by atoms with Gasteiger partial charge in [0, 0.05) is 10.9 Å². The van der Waals surface area contributed by atoms with Gasteiger partial charge in [0.25, 0.3) is 0 Å². The summed E-state index contributed by atoms with van der Waals surface area (Å²) in [6.07, 6.45) is 1.43. The van der Waals surface area contributed by atoms with Crippen molar-refractivity contribution in [1.29, 1.82) is 0 Å². The highest BCUT2D eigenvalue weighted by atomic mass is 16.5. The maximum absolute atomic E-state index is 12.0. The average Bonchev–Trinajstić information content (AvgIpc) is 2.49. The summed E-state index contributed by atoms with van der Waals surface area (Å²) < 4.78 is 0.837. The topological polar surface area (TPSA) is 59.2 Å². The van der Waals surface area contributed by atoms with E-state index >= 15 is 0 Å². The first-order chi connectivity index (χ1) is 10.2. The molecule has 4 heteroatoms. The maximum Gasteiger partial charge on any atom is 0.200 e. The van der Waals surface area contributed by atoms with Crippen LogP contribution < -0.4 is 0 Å². The van der Waals surface area contributed by atoms with Gasteiger partial charge < -0.3 is 10.3 Å². The van der Waals surface area contributed by atoms with Crippen molar-refractivity contribution < 1.29 is 9.85 Å². The van der Waals surface area contributed by atoms with E-state index in [1.54, 1.807) is 18.2 Å². The van der Waals surface area contributed by atoms with Crippen LogP contribution in [0.1, 0.15) is 11.3 Å². The fourth-order valence-electron chi connectivity index (χ4n) is 2.17. The number of hydrogen-bond acceptors (Lipinski definition) is 3.